The lowest BCUT2D eigenvalue weighted by Gasteiger charge is -2.27. The highest BCUT2D eigenvalue weighted by molar-refractivity contribution is 7.92. The first-order chi connectivity index (χ1) is 10.2. The van der Waals surface area contributed by atoms with Crippen LogP contribution in [-0.2, 0) is 19.9 Å². The summed E-state index contributed by atoms with van der Waals surface area (Å²) in [6, 6.07) is 2.52. The van der Waals surface area contributed by atoms with Crippen LogP contribution in [0.25, 0.3) is 0 Å². The van der Waals surface area contributed by atoms with Gasteiger partial charge in [0.15, 0.2) is 9.84 Å². The average molecular weight is 368 g/mol. The fourth-order valence-electron chi connectivity index (χ4n) is 2.75. The molecule has 3 rings (SSSR count). The van der Waals surface area contributed by atoms with Crippen molar-refractivity contribution >= 4 is 31.5 Å². The minimum absolute atomic E-state index is 0.000576. The molecular weight excluding hydrogens is 353 g/mol. The summed E-state index contributed by atoms with van der Waals surface area (Å²) < 4.78 is 63.5. The molecule has 1 aromatic rings. The van der Waals surface area contributed by atoms with Crippen molar-refractivity contribution in [3.63, 3.8) is 0 Å². The second-order valence-electron chi connectivity index (χ2n) is 5.70. The minimum Gasteiger partial charge on any atom is -0.229 e. The Morgan fingerprint density at radius 2 is 1.86 bits per heavy atom. The Morgan fingerprint density at radius 3 is 2.36 bits per heavy atom. The molecule has 1 aromatic carbocycles. The summed E-state index contributed by atoms with van der Waals surface area (Å²) in [6.45, 7) is 0. The molecule has 9 heteroatoms. The summed E-state index contributed by atoms with van der Waals surface area (Å²) in [5.74, 6) is -0.847. The van der Waals surface area contributed by atoms with E-state index in [-0.39, 0.29) is 27.5 Å². The standard InChI is InChI=1S/C13H15ClFNO4S2/c14-12-7-11(3-4-13(12)15)22(19,20)16(9-1-2-9)10-5-6-21(17,18)8-10/h3-4,7,9-10H,1-2,5-6,8H2/t10-/m0/s1. The van der Waals surface area contributed by atoms with Gasteiger partial charge in [0, 0.05) is 12.1 Å². The fourth-order valence-corrected chi connectivity index (χ4v) is 6.73. The van der Waals surface area contributed by atoms with E-state index >= 15 is 0 Å². The van der Waals surface area contributed by atoms with Crippen LogP contribution < -0.4 is 0 Å². The molecular formula is C13H15ClFNO4S2. The maximum Gasteiger partial charge on any atom is 0.243 e. The maximum atomic E-state index is 13.2. The quantitative estimate of drug-likeness (QED) is 0.813. The Bertz CT molecular complexity index is 805. The van der Waals surface area contributed by atoms with Crippen molar-refractivity contribution in [2.45, 2.75) is 36.2 Å². The molecule has 0 unspecified atom stereocenters. The van der Waals surface area contributed by atoms with Crippen LogP contribution in [0.1, 0.15) is 19.3 Å². The summed E-state index contributed by atoms with van der Waals surface area (Å²) in [5.41, 5.74) is 0. The van der Waals surface area contributed by atoms with Crippen molar-refractivity contribution in [1.82, 2.24) is 4.31 Å². The smallest absolute Gasteiger partial charge is 0.229 e. The number of benzene rings is 1. The third-order valence-electron chi connectivity index (χ3n) is 3.94. The third-order valence-corrected chi connectivity index (χ3v) is 7.98. The van der Waals surface area contributed by atoms with Crippen LogP contribution in [0.3, 0.4) is 0 Å². The molecule has 22 heavy (non-hydrogen) atoms. The topological polar surface area (TPSA) is 71.5 Å². The van der Waals surface area contributed by atoms with Gasteiger partial charge in [-0.1, -0.05) is 11.6 Å². The Balaban J connectivity index is 1.98. The van der Waals surface area contributed by atoms with E-state index in [1.807, 2.05) is 0 Å². The zero-order chi connectivity index (χ0) is 16.1. The van der Waals surface area contributed by atoms with Gasteiger partial charge in [-0.3, -0.25) is 0 Å². The number of hydrogen-bond acceptors (Lipinski definition) is 4. The lowest BCUT2D eigenvalue weighted by molar-refractivity contribution is 0.332. The number of halogens is 2. The summed E-state index contributed by atoms with van der Waals surface area (Å²) in [4.78, 5) is -0.102. The average Bonchev–Trinajstić information content (AvgIpc) is 3.17. The second kappa shape index (κ2) is 5.43. The summed E-state index contributed by atoms with van der Waals surface area (Å²) >= 11 is 5.67. The van der Waals surface area contributed by atoms with E-state index in [2.05, 4.69) is 0 Å². The van der Waals surface area contributed by atoms with Gasteiger partial charge in [0.25, 0.3) is 0 Å². The van der Waals surface area contributed by atoms with Crippen molar-refractivity contribution in [3.05, 3.63) is 29.0 Å². The van der Waals surface area contributed by atoms with Crippen LogP contribution in [0.15, 0.2) is 23.1 Å². The number of hydrogen-bond donors (Lipinski definition) is 0. The van der Waals surface area contributed by atoms with Crippen molar-refractivity contribution in [1.29, 1.82) is 0 Å². The normalized spacial score (nSPS) is 24.8. The van der Waals surface area contributed by atoms with Gasteiger partial charge in [-0.15, -0.1) is 0 Å². The van der Waals surface area contributed by atoms with E-state index < -0.39 is 31.7 Å². The molecule has 2 fully saturated rings. The molecule has 0 aromatic heterocycles. The van der Waals surface area contributed by atoms with Gasteiger partial charge in [-0.2, -0.15) is 4.31 Å². The molecule has 0 amide bonds. The molecule has 1 saturated carbocycles. The SMILES string of the molecule is O=S1(=O)CC[C@H](N(C2CC2)S(=O)(=O)c2ccc(F)c(Cl)c2)C1. The third kappa shape index (κ3) is 3.02. The zero-order valence-electron chi connectivity index (χ0n) is 11.6. The van der Waals surface area contributed by atoms with Gasteiger partial charge in [0.05, 0.1) is 21.4 Å². The lowest BCUT2D eigenvalue weighted by atomic mass is 10.2. The van der Waals surface area contributed by atoms with Crippen LogP contribution in [-0.4, -0.2) is 44.7 Å². The molecule has 1 aliphatic heterocycles. The van der Waals surface area contributed by atoms with Crippen molar-refractivity contribution in [2.75, 3.05) is 11.5 Å². The molecule has 0 radical (unpaired) electrons. The molecule has 0 bridgehead atoms. The van der Waals surface area contributed by atoms with Crippen molar-refractivity contribution in [3.8, 4) is 0 Å². The highest BCUT2D eigenvalue weighted by Gasteiger charge is 2.46. The summed E-state index contributed by atoms with van der Waals surface area (Å²) in [5, 5.41) is -0.268. The van der Waals surface area contributed by atoms with Crippen LogP contribution >= 0.6 is 11.6 Å². The first-order valence-electron chi connectivity index (χ1n) is 6.90. The molecule has 122 valence electrons. The van der Waals surface area contributed by atoms with Crippen LogP contribution in [0.4, 0.5) is 4.39 Å². The number of sulfone groups is 1. The Labute approximate surface area is 134 Å². The first kappa shape index (κ1) is 16.2. The highest BCUT2D eigenvalue weighted by Crippen LogP contribution is 2.37. The Morgan fingerprint density at radius 1 is 1.18 bits per heavy atom. The van der Waals surface area contributed by atoms with E-state index in [0.29, 0.717) is 19.3 Å². The van der Waals surface area contributed by atoms with Gasteiger partial charge in [0.2, 0.25) is 10.0 Å². The van der Waals surface area contributed by atoms with Gasteiger partial charge >= 0.3 is 0 Å². The largest absolute Gasteiger partial charge is 0.243 e. The lowest BCUT2D eigenvalue weighted by Crippen LogP contribution is -2.42. The molecule has 0 spiro atoms. The predicted molar refractivity (Wildman–Crippen MR) is 80.5 cm³/mol. The van der Waals surface area contributed by atoms with E-state index in [1.54, 1.807) is 0 Å². The molecule has 2 aliphatic rings. The van der Waals surface area contributed by atoms with E-state index in [1.165, 1.54) is 4.31 Å². The zero-order valence-corrected chi connectivity index (χ0v) is 14.0. The number of sulfonamides is 1. The predicted octanol–water partition coefficient (Wildman–Crippen LogP) is 1.82. The first-order valence-corrected chi connectivity index (χ1v) is 10.5. The number of rotatable bonds is 4. The fraction of sp³-hybridized carbons (Fsp3) is 0.538. The van der Waals surface area contributed by atoms with E-state index in [9.17, 15) is 21.2 Å². The van der Waals surface area contributed by atoms with Crippen molar-refractivity contribution in [2.24, 2.45) is 0 Å². The highest BCUT2D eigenvalue weighted by atomic mass is 35.5. The van der Waals surface area contributed by atoms with Gasteiger partial charge < -0.3 is 0 Å². The summed E-state index contributed by atoms with van der Waals surface area (Å²) in [7, 11) is -7.09. The van der Waals surface area contributed by atoms with Crippen LogP contribution in [0.2, 0.25) is 5.02 Å². The van der Waals surface area contributed by atoms with Crippen molar-refractivity contribution < 1.29 is 21.2 Å². The molecule has 1 saturated heterocycles. The molecule has 1 aliphatic carbocycles. The van der Waals surface area contributed by atoms with Gasteiger partial charge in [0.1, 0.15) is 5.82 Å². The second-order valence-corrected chi connectivity index (χ2v) is 10.2. The van der Waals surface area contributed by atoms with Gasteiger partial charge in [-0.25, -0.2) is 21.2 Å². The Kier molecular flexibility index (Phi) is 3.99. The molecule has 0 N–H and O–H groups in total. The minimum atomic E-state index is -3.89. The van der Waals surface area contributed by atoms with Crippen LogP contribution in [0, 0.1) is 5.82 Å². The molecule has 5 nitrogen and oxygen atoms in total. The van der Waals surface area contributed by atoms with Crippen LogP contribution in [0.5, 0.6) is 0 Å². The van der Waals surface area contributed by atoms with E-state index in [4.69, 9.17) is 11.6 Å². The van der Waals surface area contributed by atoms with Gasteiger partial charge in [-0.05, 0) is 37.5 Å². The molecule has 1 atom stereocenters. The monoisotopic (exact) mass is 367 g/mol. The molecule has 1 heterocycles. The van der Waals surface area contributed by atoms with E-state index in [0.717, 1.165) is 18.2 Å². The maximum absolute atomic E-state index is 13.2. The number of nitrogens with zero attached hydrogens (tertiary/aromatic N) is 1. The summed E-state index contributed by atoms with van der Waals surface area (Å²) in [6.07, 6.45) is 1.72. The Hall–Kier alpha value is -0.700.